The third kappa shape index (κ3) is 4.37. The van der Waals surface area contributed by atoms with Crippen LogP contribution >= 0.6 is 0 Å². The van der Waals surface area contributed by atoms with Gasteiger partial charge in [0.2, 0.25) is 5.91 Å². The van der Waals surface area contributed by atoms with E-state index >= 15 is 0 Å². The first kappa shape index (κ1) is 16.8. The molecule has 0 spiro atoms. The van der Waals surface area contributed by atoms with E-state index in [4.69, 9.17) is 10.5 Å². The Morgan fingerprint density at radius 3 is 2.62 bits per heavy atom. The van der Waals surface area contributed by atoms with E-state index < -0.39 is 5.97 Å². The lowest BCUT2D eigenvalue weighted by molar-refractivity contribution is -0.119. The summed E-state index contributed by atoms with van der Waals surface area (Å²) < 4.78 is 5.06. The van der Waals surface area contributed by atoms with E-state index in [1.807, 2.05) is 6.92 Å². The number of amides is 1. The van der Waals surface area contributed by atoms with E-state index in [-0.39, 0.29) is 19.1 Å². The van der Waals surface area contributed by atoms with E-state index in [1.165, 1.54) is 0 Å². The number of nitrogens with one attached hydrogen (secondary N) is 1. The fourth-order valence-electron chi connectivity index (χ4n) is 2.08. The summed E-state index contributed by atoms with van der Waals surface area (Å²) in [5, 5.41) is 2.58. The minimum atomic E-state index is -0.433. The summed E-state index contributed by atoms with van der Waals surface area (Å²) in [4.78, 5) is 25.6. The average molecular weight is 293 g/mol. The Morgan fingerprint density at radius 2 is 2.05 bits per heavy atom. The summed E-state index contributed by atoms with van der Waals surface area (Å²) >= 11 is 0. The number of anilines is 2. The normalized spacial score (nSPS) is 10.0. The topological polar surface area (TPSA) is 84.7 Å². The van der Waals surface area contributed by atoms with Crippen molar-refractivity contribution in [3.63, 3.8) is 0 Å². The third-order valence-electron chi connectivity index (χ3n) is 2.99. The Hall–Kier alpha value is -2.24. The number of nitrogens with zero attached hydrogens (tertiary/aromatic N) is 1. The Kier molecular flexibility index (Phi) is 6.52. The highest BCUT2D eigenvalue weighted by Crippen LogP contribution is 2.28. The number of nitrogens with two attached hydrogens (primary N) is 1. The number of hydrogen-bond donors (Lipinski definition) is 2. The van der Waals surface area contributed by atoms with Crippen LogP contribution < -0.4 is 16.0 Å². The van der Waals surface area contributed by atoms with Gasteiger partial charge < -0.3 is 20.7 Å². The molecule has 6 heteroatoms. The van der Waals surface area contributed by atoms with Gasteiger partial charge in [-0.3, -0.25) is 4.79 Å². The summed E-state index contributed by atoms with van der Waals surface area (Å²) in [7, 11) is 1.58. The zero-order chi connectivity index (χ0) is 15.8. The van der Waals surface area contributed by atoms with Crippen LogP contribution in [-0.2, 0) is 9.53 Å². The van der Waals surface area contributed by atoms with Gasteiger partial charge in [0.05, 0.1) is 30.1 Å². The first-order valence-corrected chi connectivity index (χ1v) is 7.06. The van der Waals surface area contributed by atoms with Gasteiger partial charge in [-0.25, -0.2) is 4.79 Å². The van der Waals surface area contributed by atoms with Crippen molar-refractivity contribution in [2.45, 2.75) is 20.3 Å². The molecule has 1 rings (SSSR count). The van der Waals surface area contributed by atoms with E-state index in [1.54, 1.807) is 37.1 Å². The van der Waals surface area contributed by atoms with Gasteiger partial charge in [-0.15, -0.1) is 0 Å². The van der Waals surface area contributed by atoms with Gasteiger partial charge in [-0.2, -0.15) is 0 Å². The monoisotopic (exact) mass is 293 g/mol. The van der Waals surface area contributed by atoms with Gasteiger partial charge in [0, 0.05) is 13.6 Å². The van der Waals surface area contributed by atoms with Gasteiger partial charge in [-0.05, 0) is 25.5 Å². The summed E-state index contributed by atoms with van der Waals surface area (Å²) in [6, 6.07) is 5.08. The smallest absolute Gasteiger partial charge is 0.340 e. The zero-order valence-electron chi connectivity index (χ0n) is 12.8. The minimum absolute atomic E-state index is 0.137. The van der Waals surface area contributed by atoms with Crippen molar-refractivity contribution in [1.82, 2.24) is 5.32 Å². The van der Waals surface area contributed by atoms with Crippen LogP contribution in [0, 0.1) is 0 Å². The van der Waals surface area contributed by atoms with Crippen molar-refractivity contribution < 1.29 is 14.3 Å². The number of nitrogen functional groups attached to an aromatic ring is 1. The second-order valence-electron chi connectivity index (χ2n) is 4.56. The molecule has 1 aromatic carbocycles. The molecule has 0 aliphatic carbocycles. The quantitative estimate of drug-likeness (QED) is 0.586. The minimum Gasteiger partial charge on any atom is -0.462 e. The SMILES string of the molecule is CCCN(CC(=O)NC)c1c(N)cccc1C(=O)OCC. The molecule has 0 saturated carbocycles. The molecule has 0 aliphatic heterocycles. The highest BCUT2D eigenvalue weighted by atomic mass is 16.5. The predicted molar refractivity (Wildman–Crippen MR) is 83.4 cm³/mol. The second-order valence-corrected chi connectivity index (χ2v) is 4.56. The lowest BCUT2D eigenvalue weighted by Crippen LogP contribution is -2.37. The van der Waals surface area contributed by atoms with Crippen LogP contribution in [0.4, 0.5) is 11.4 Å². The van der Waals surface area contributed by atoms with Crippen molar-refractivity contribution in [1.29, 1.82) is 0 Å². The van der Waals surface area contributed by atoms with Crippen LogP contribution in [0.1, 0.15) is 30.6 Å². The lowest BCUT2D eigenvalue weighted by atomic mass is 10.1. The summed E-state index contributed by atoms with van der Waals surface area (Å²) in [5.74, 6) is -0.570. The maximum Gasteiger partial charge on any atom is 0.340 e. The van der Waals surface area contributed by atoms with Gasteiger partial charge in [0.15, 0.2) is 0 Å². The van der Waals surface area contributed by atoms with Gasteiger partial charge in [0.25, 0.3) is 0 Å². The van der Waals surface area contributed by atoms with E-state index in [0.29, 0.717) is 23.5 Å². The Morgan fingerprint density at radius 1 is 1.33 bits per heavy atom. The number of likely N-dealkylation sites (N-methyl/N-ethyl adjacent to an activating group) is 1. The van der Waals surface area contributed by atoms with Crippen LogP contribution in [0.2, 0.25) is 0 Å². The van der Waals surface area contributed by atoms with Crippen molar-refractivity contribution in [2.75, 3.05) is 37.4 Å². The fraction of sp³-hybridized carbons (Fsp3) is 0.467. The fourth-order valence-corrected chi connectivity index (χ4v) is 2.08. The molecule has 0 unspecified atom stereocenters. The predicted octanol–water partition coefficient (Wildman–Crippen LogP) is 1.41. The molecule has 0 radical (unpaired) electrons. The number of para-hydroxylation sites is 1. The molecule has 0 fully saturated rings. The molecule has 1 amide bonds. The van der Waals surface area contributed by atoms with Gasteiger partial charge in [-0.1, -0.05) is 13.0 Å². The molecule has 0 bridgehead atoms. The molecule has 3 N–H and O–H groups in total. The first-order valence-electron chi connectivity index (χ1n) is 7.06. The lowest BCUT2D eigenvalue weighted by Gasteiger charge is -2.26. The second kappa shape index (κ2) is 8.14. The Bertz CT molecular complexity index is 503. The summed E-state index contributed by atoms with van der Waals surface area (Å²) in [6.07, 6.45) is 0.827. The molecule has 116 valence electrons. The largest absolute Gasteiger partial charge is 0.462 e. The van der Waals surface area contributed by atoms with E-state index in [9.17, 15) is 9.59 Å². The highest BCUT2D eigenvalue weighted by molar-refractivity contribution is 6.00. The van der Waals surface area contributed by atoms with E-state index in [2.05, 4.69) is 5.32 Å². The summed E-state index contributed by atoms with van der Waals surface area (Å²) in [5.41, 5.74) is 7.42. The average Bonchev–Trinajstić information content (AvgIpc) is 2.46. The van der Waals surface area contributed by atoms with Crippen molar-refractivity contribution in [2.24, 2.45) is 0 Å². The molecule has 0 heterocycles. The number of esters is 1. The highest BCUT2D eigenvalue weighted by Gasteiger charge is 2.21. The number of carbonyl (C=O) groups is 2. The standard InChI is InChI=1S/C15H23N3O3/c1-4-9-18(10-13(19)17-3)14-11(15(20)21-5-2)7-6-8-12(14)16/h6-8H,4-5,9-10,16H2,1-3H3,(H,17,19). The molecule has 0 aliphatic rings. The van der Waals surface area contributed by atoms with E-state index in [0.717, 1.165) is 6.42 Å². The number of rotatable bonds is 7. The Balaban J connectivity index is 3.21. The van der Waals surface area contributed by atoms with Gasteiger partial charge in [0.1, 0.15) is 0 Å². The molecular formula is C15H23N3O3. The zero-order valence-corrected chi connectivity index (χ0v) is 12.8. The number of hydrogen-bond acceptors (Lipinski definition) is 5. The van der Waals surface area contributed by atoms with Crippen molar-refractivity contribution in [3.05, 3.63) is 23.8 Å². The maximum absolute atomic E-state index is 12.1. The number of carbonyl (C=O) groups excluding carboxylic acids is 2. The summed E-state index contributed by atoms with van der Waals surface area (Å²) in [6.45, 7) is 4.80. The van der Waals surface area contributed by atoms with Crippen molar-refractivity contribution in [3.8, 4) is 0 Å². The third-order valence-corrected chi connectivity index (χ3v) is 2.99. The maximum atomic E-state index is 12.1. The van der Waals surface area contributed by atoms with Crippen LogP contribution in [-0.4, -0.2) is 38.6 Å². The molecular weight excluding hydrogens is 270 g/mol. The molecule has 0 atom stereocenters. The molecule has 0 saturated heterocycles. The van der Waals surface area contributed by atoms with Crippen molar-refractivity contribution >= 4 is 23.3 Å². The molecule has 0 aromatic heterocycles. The molecule has 6 nitrogen and oxygen atoms in total. The number of benzene rings is 1. The van der Waals surface area contributed by atoms with Gasteiger partial charge >= 0.3 is 5.97 Å². The van der Waals surface area contributed by atoms with Crippen LogP contribution in [0.3, 0.4) is 0 Å². The first-order chi connectivity index (χ1) is 10.0. The Labute approximate surface area is 125 Å². The van der Waals surface area contributed by atoms with Crippen LogP contribution in [0.15, 0.2) is 18.2 Å². The van der Waals surface area contributed by atoms with Crippen LogP contribution in [0.5, 0.6) is 0 Å². The van der Waals surface area contributed by atoms with Crippen LogP contribution in [0.25, 0.3) is 0 Å². The molecule has 21 heavy (non-hydrogen) atoms. The number of ether oxygens (including phenoxy) is 1. The molecule has 1 aromatic rings.